The number of nitrogens with one attached hydrogen (secondary N) is 1. The van der Waals surface area contributed by atoms with Crippen LogP contribution in [0.1, 0.15) is 6.92 Å². The monoisotopic (exact) mass is 266 g/mol. The Hall–Kier alpha value is -0.0300. The number of halogens is 1. The minimum absolute atomic E-state index is 0. The number of carbonyl (C=O) groups excluding carboxylic acids is 1. The summed E-state index contributed by atoms with van der Waals surface area (Å²) >= 11 is 3.30. The number of benzene rings is 1. The van der Waals surface area contributed by atoms with Gasteiger partial charge in [0.25, 0.3) is 0 Å². The molecular formula is C9H10BrNNaO2. The normalized spacial score (nSPS) is 8.71. The van der Waals surface area contributed by atoms with E-state index in [0.717, 1.165) is 10.2 Å². The average Bonchev–Trinajstić information content (AvgIpc) is 2.09. The number of ether oxygens (including phenoxy) is 1. The minimum atomic E-state index is -0.426. The molecule has 0 aliphatic heterocycles. The van der Waals surface area contributed by atoms with E-state index in [-0.39, 0.29) is 29.6 Å². The van der Waals surface area contributed by atoms with Gasteiger partial charge in [-0.25, -0.2) is 4.79 Å². The number of rotatable bonds is 2. The Bertz CT molecular complexity index is 289. The third kappa shape index (κ3) is 5.00. The van der Waals surface area contributed by atoms with Crippen molar-refractivity contribution in [3.8, 4) is 0 Å². The average molecular weight is 267 g/mol. The summed E-state index contributed by atoms with van der Waals surface area (Å²) in [5.41, 5.74) is 0.724. The van der Waals surface area contributed by atoms with Crippen LogP contribution in [0.15, 0.2) is 28.7 Å². The van der Waals surface area contributed by atoms with E-state index >= 15 is 0 Å². The summed E-state index contributed by atoms with van der Waals surface area (Å²) in [4.78, 5) is 11.0. The first-order valence-electron chi connectivity index (χ1n) is 3.91. The molecule has 0 heterocycles. The van der Waals surface area contributed by atoms with Crippen LogP contribution in [0.2, 0.25) is 0 Å². The number of carbonyl (C=O) groups is 1. The summed E-state index contributed by atoms with van der Waals surface area (Å²) < 4.78 is 5.69. The van der Waals surface area contributed by atoms with Gasteiger partial charge in [0, 0.05) is 39.7 Å². The zero-order chi connectivity index (χ0) is 9.68. The predicted octanol–water partition coefficient (Wildman–Crippen LogP) is 2.64. The smallest absolute Gasteiger partial charge is 0.411 e. The zero-order valence-corrected chi connectivity index (χ0v) is 11.8. The van der Waals surface area contributed by atoms with Gasteiger partial charge in [0.05, 0.1) is 6.61 Å². The van der Waals surface area contributed by atoms with E-state index in [1.807, 2.05) is 12.1 Å². The van der Waals surface area contributed by atoms with E-state index in [2.05, 4.69) is 21.2 Å². The molecule has 0 fully saturated rings. The Kier molecular flexibility index (Phi) is 7.27. The molecule has 0 saturated heterocycles. The van der Waals surface area contributed by atoms with E-state index in [4.69, 9.17) is 4.74 Å². The molecule has 0 spiro atoms. The van der Waals surface area contributed by atoms with Crippen LogP contribution < -0.4 is 5.32 Å². The maximum Gasteiger partial charge on any atom is 0.411 e. The first kappa shape index (κ1) is 14.0. The molecule has 14 heavy (non-hydrogen) atoms. The summed E-state index contributed by atoms with van der Waals surface area (Å²) in [6.45, 7) is 2.14. The molecular weight excluding hydrogens is 257 g/mol. The van der Waals surface area contributed by atoms with Crippen LogP contribution in [-0.4, -0.2) is 42.3 Å². The van der Waals surface area contributed by atoms with Gasteiger partial charge >= 0.3 is 6.09 Å². The maximum absolute atomic E-state index is 11.0. The molecule has 1 amide bonds. The standard InChI is InChI=1S/C9H10BrNO2.Na/c1-2-13-9(12)11-8-5-3-7(10)4-6-8;/h3-6H,2H2,1H3,(H,11,12);. The number of amides is 1. The molecule has 5 heteroatoms. The fourth-order valence-corrected chi connectivity index (χ4v) is 1.08. The molecule has 0 aromatic heterocycles. The van der Waals surface area contributed by atoms with Gasteiger partial charge in [0.2, 0.25) is 0 Å². The molecule has 1 rings (SSSR count). The second-order valence-corrected chi connectivity index (χ2v) is 3.27. The van der Waals surface area contributed by atoms with Crippen LogP contribution in [0, 0.1) is 0 Å². The van der Waals surface area contributed by atoms with Gasteiger partial charge in [-0.3, -0.25) is 5.32 Å². The number of hydrogen-bond acceptors (Lipinski definition) is 2. The molecule has 0 atom stereocenters. The van der Waals surface area contributed by atoms with Crippen molar-refractivity contribution in [3.63, 3.8) is 0 Å². The van der Waals surface area contributed by atoms with Crippen LogP contribution >= 0.6 is 15.9 Å². The van der Waals surface area contributed by atoms with E-state index in [0.29, 0.717) is 6.61 Å². The van der Waals surface area contributed by atoms with Crippen molar-refractivity contribution in [3.05, 3.63) is 28.7 Å². The van der Waals surface area contributed by atoms with Crippen LogP contribution in [0.4, 0.5) is 10.5 Å². The SMILES string of the molecule is CCOC(=O)Nc1ccc(Br)cc1.[Na]. The van der Waals surface area contributed by atoms with Crippen molar-refractivity contribution < 1.29 is 9.53 Å². The van der Waals surface area contributed by atoms with E-state index in [9.17, 15) is 4.79 Å². The molecule has 0 saturated carbocycles. The summed E-state index contributed by atoms with van der Waals surface area (Å²) in [5, 5.41) is 2.59. The zero-order valence-electron chi connectivity index (χ0n) is 8.21. The predicted molar refractivity (Wildman–Crippen MR) is 60.5 cm³/mol. The Morgan fingerprint density at radius 3 is 2.50 bits per heavy atom. The van der Waals surface area contributed by atoms with Gasteiger partial charge in [0.1, 0.15) is 0 Å². The third-order valence-electron chi connectivity index (χ3n) is 1.37. The molecule has 1 radical (unpaired) electrons. The maximum atomic E-state index is 11.0. The Morgan fingerprint density at radius 1 is 1.43 bits per heavy atom. The summed E-state index contributed by atoms with van der Waals surface area (Å²) in [6, 6.07) is 7.28. The Labute approximate surface area is 114 Å². The molecule has 0 unspecified atom stereocenters. The van der Waals surface area contributed by atoms with Crippen molar-refractivity contribution in [1.29, 1.82) is 0 Å². The third-order valence-corrected chi connectivity index (χ3v) is 1.89. The fraction of sp³-hybridized carbons (Fsp3) is 0.222. The van der Waals surface area contributed by atoms with Crippen LogP contribution in [0.3, 0.4) is 0 Å². The second kappa shape index (κ2) is 7.29. The summed E-state index contributed by atoms with van der Waals surface area (Å²) in [7, 11) is 0. The number of anilines is 1. The van der Waals surface area contributed by atoms with Crippen molar-refractivity contribution in [2.45, 2.75) is 6.92 Å². The Balaban J connectivity index is 0.00000169. The van der Waals surface area contributed by atoms with Gasteiger partial charge in [-0.2, -0.15) is 0 Å². The largest absolute Gasteiger partial charge is 0.450 e. The van der Waals surface area contributed by atoms with E-state index in [1.54, 1.807) is 19.1 Å². The van der Waals surface area contributed by atoms with Gasteiger partial charge < -0.3 is 4.74 Å². The molecule has 1 aromatic carbocycles. The minimum Gasteiger partial charge on any atom is -0.450 e. The Morgan fingerprint density at radius 2 is 2.00 bits per heavy atom. The van der Waals surface area contributed by atoms with E-state index in [1.165, 1.54) is 0 Å². The summed E-state index contributed by atoms with van der Waals surface area (Å²) in [6.07, 6.45) is -0.426. The first-order valence-corrected chi connectivity index (χ1v) is 4.71. The fourth-order valence-electron chi connectivity index (χ4n) is 0.818. The molecule has 0 bridgehead atoms. The van der Waals surface area contributed by atoms with E-state index < -0.39 is 6.09 Å². The van der Waals surface area contributed by atoms with Crippen molar-refractivity contribution >= 4 is 57.3 Å². The molecule has 0 aliphatic carbocycles. The van der Waals surface area contributed by atoms with Crippen LogP contribution in [0.5, 0.6) is 0 Å². The molecule has 1 aromatic rings. The van der Waals surface area contributed by atoms with Gasteiger partial charge in [-0.1, -0.05) is 15.9 Å². The molecule has 71 valence electrons. The topological polar surface area (TPSA) is 38.3 Å². The molecule has 0 aliphatic rings. The van der Waals surface area contributed by atoms with Crippen LogP contribution in [-0.2, 0) is 4.74 Å². The first-order chi connectivity index (χ1) is 6.22. The van der Waals surface area contributed by atoms with Gasteiger partial charge in [-0.15, -0.1) is 0 Å². The van der Waals surface area contributed by atoms with Crippen molar-refractivity contribution in [2.24, 2.45) is 0 Å². The summed E-state index contributed by atoms with van der Waals surface area (Å²) in [5.74, 6) is 0. The van der Waals surface area contributed by atoms with Crippen molar-refractivity contribution in [1.82, 2.24) is 0 Å². The molecule has 3 nitrogen and oxygen atoms in total. The van der Waals surface area contributed by atoms with Gasteiger partial charge in [-0.05, 0) is 31.2 Å². The van der Waals surface area contributed by atoms with Crippen LogP contribution in [0.25, 0.3) is 0 Å². The second-order valence-electron chi connectivity index (χ2n) is 2.35. The van der Waals surface area contributed by atoms with Gasteiger partial charge in [0.15, 0.2) is 0 Å². The van der Waals surface area contributed by atoms with Crippen molar-refractivity contribution in [2.75, 3.05) is 11.9 Å². The number of hydrogen-bond donors (Lipinski definition) is 1. The molecule has 1 N–H and O–H groups in total. The quantitative estimate of drug-likeness (QED) is 0.836.